The molecule has 2 N–H and O–H groups in total. The number of rotatable bonds is 4. The van der Waals surface area contributed by atoms with E-state index in [1.165, 1.54) is 4.88 Å². The van der Waals surface area contributed by atoms with Crippen LogP contribution in [0.1, 0.15) is 16.5 Å². The van der Waals surface area contributed by atoms with Crippen LogP contribution in [0.2, 0.25) is 0 Å². The standard InChI is InChI=1S/C13H13Br2NOS/c1-17-12-4-2-8(6-10(12)14)11(16)7-9-3-5-13(15)18-9/h2-6,11H,7,16H2,1H3. The maximum atomic E-state index is 6.23. The third kappa shape index (κ3) is 3.35. The predicted molar refractivity (Wildman–Crippen MR) is 83.3 cm³/mol. The molecule has 0 aliphatic carbocycles. The summed E-state index contributed by atoms with van der Waals surface area (Å²) in [6.07, 6.45) is 0.842. The Morgan fingerprint density at radius 3 is 2.61 bits per heavy atom. The van der Waals surface area contributed by atoms with Crippen molar-refractivity contribution in [2.75, 3.05) is 7.11 Å². The Kier molecular flexibility index (Phi) is 4.84. The van der Waals surface area contributed by atoms with E-state index in [-0.39, 0.29) is 6.04 Å². The zero-order valence-electron chi connectivity index (χ0n) is 9.82. The van der Waals surface area contributed by atoms with Crippen LogP contribution in [0.5, 0.6) is 5.75 Å². The molecule has 18 heavy (non-hydrogen) atoms. The van der Waals surface area contributed by atoms with Gasteiger partial charge in [-0.25, -0.2) is 0 Å². The van der Waals surface area contributed by atoms with Crippen molar-refractivity contribution in [3.05, 3.63) is 49.0 Å². The zero-order chi connectivity index (χ0) is 13.1. The molecule has 0 saturated heterocycles. The number of thiophene rings is 1. The Labute approximate surface area is 127 Å². The average Bonchev–Trinajstić information content (AvgIpc) is 2.74. The number of hydrogen-bond donors (Lipinski definition) is 1. The summed E-state index contributed by atoms with van der Waals surface area (Å²) in [5, 5.41) is 0. The molecule has 1 aromatic carbocycles. The van der Waals surface area contributed by atoms with Gasteiger partial charge in [0.25, 0.3) is 0 Å². The highest BCUT2D eigenvalue weighted by Crippen LogP contribution is 2.30. The molecule has 96 valence electrons. The van der Waals surface area contributed by atoms with Crippen LogP contribution in [-0.4, -0.2) is 7.11 Å². The Balaban J connectivity index is 2.13. The number of hydrogen-bond acceptors (Lipinski definition) is 3. The van der Waals surface area contributed by atoms with Crippen molar-refractivity contribution in [3.8, 4) is 5.75 Å². The molecule has 2 rings (SSSR count). The fraction of sp³-hybridized carbons (Fsp3) is 0.231. The summed E-state index contributed by atoms with van der Waals surface area (Å²) in [5.41, 5.74) is 7.33. The van der Waals surface area contributed by atoms with Crippen LogP contribution in [0.4, 0.5) is 0 Å². The van der Waals surface area contributed by atoms with Crippen LogP contribution in [-0.2, 0) is 6.42 Å². The monoisotopic (exact) mass is 389 g/mol. The SMILES string of the molecule is COc1ccc(C(N)Cc2ccc(Br)s2)cc1Br. The van der Waals surface area contributed by atoms with Crippen molar-refractivity contribution in [2.45, 2.75) is 12.5 Å². The summed E-state index contributed by atoms with van der Waals surface area (Å²) in [7, 11) is 1.66. The van der Waals surface area contributed by atoms with Crippen molar-refractivity contribution in [2.24, 2.45) is 5.73 Å². The van der Waals surface area contributed by atoms with E-state index in [1.54, 1.807) is 18.4 Å². The molecule has 0 aliphatic rings. The van der Waals surface area contributed by atoms with Crippen LogP contribution in [0.25, 0.3) is 0 Å². The molecule has 2 nitrogen and oxygen atoms in total. The predicted octanol–water partition coefficient (Wildman–Crippen LogP) is 4.52. The molecule has 0 spiro atoms. The summed E-state index contributed by atoms with van der Waals surface area (Å²) in [6.45, 7) is 0. The molecule has 1 heterocycles. The molecule has 5 heteroatoms. The van der Waals surface area contributed by atoms with E-state index in [2.05, 4.69) is 44.0 Å². The fourth-order valence-electron chi connectivity index (χ4n) is 1.71. The summed E-state index contributed by atoms with van der Waals surface area (Å²) in [6, 6.07) is 10.1. The van der Waals surface area contributed by atoms with E-state index in [4.69, 9.17) is 10.5 Å². The van der Waals surface area contributed by atoms with E-state index in [9.17, 15) is 0 Å². The molecule has 0 radical (unpaired) electrons. The van der Waals surface area contributed by atoms with Crippen LogP contribution in [0.3, 0.4) is 0 Å². The fourth-order valence-corrected chi connectivity index (χ4v) is 3.81. The Morgan fingerprint density at radius 2 is 2.06 bits per heavy atom. The summed E-state index contributed by atoms with van der Waals surface area (Å²) in [5.74, 6) is 0.824. The van der Waals surface area contributed by atoms with Crippen molar-refractivity contribution in [1.29, 1.82) is 0 Å². The Hall–Kier alpha value is -0.360. The second-order valence-corrected chi connectivity index (χ2v) is 7.31. The van der Waals surface area contributed by atoms with Gasteiger partial charge >= 0.3 is 0 Å². The van der Waals surface area contributed by atoms with Crippen molar-refractivity contribution >= 4 is 43.2 Å². The first-order valence-electron chi connectivity index (χ1n) is 5.43. The maximum Gasteiger partial charge on any atom is 0.133 e. The van der Waals surface area contributed by atoms with Gasteiger partial charge in [-0.15, -0.1) is 11.3 Å². The maximum absolute atomic E-state index is 6.23. The van der Waals surface area contributed by atoms with Crippen LogP contribution in [0, 0.1) is 0 Å². The number of benzene rings is 1. The molecular weight excluding hydrogens is 378 g/mol. The third-order valence-electron chi connectivity index (χ3n) is 2.65. The molecule has 0 amide bonds. The molecular formula is C13H13Br2NOS. The number of ether oxygens (including phenoxy) is 1. The van der Waals surface area contributed by atoms with E-state index in [0.29, 0.717) is 0 Å². The van der Waals surface area contributed by atoms with E-state index in [0.717, 1.165) is 26.0 Å². The number of nitrogens with two attached hydrogens (primary N) is 1. The van der Waals surface area contributed by atoms with Crippen LogP contribution < -0.4 is 10.5 Å². The highest BCUT2D eigenvalue weighted by molar-refractivity contribution is 9.11. The third-order valence-corrected chi connectivity index (χ3v) is 4.92. The second kappa shape index (κ2) is 6.19. The quantitative estimate of drug-likeness (QED) is 0.832. The second-order valence-electron chi connectivity index (χ2n) is 3.91. The zero-order valence-corrected chi connectivity index (χ0v) is 13.8. The molecule has 1 atom stereocenters. The minimum atomic E-state index is -0.00208. The van der Waals surface area contributed by atoms with Crippen LogP contribution >= 0.6 is 43.2 Å². The topological polar surface area (TPSA) is 35.2 Å². The number of halogens is 2. The molecule has 0 bridgehead atoms. The average molecular weight is 391 g/mol. The smallest absolute Gasteiger partial charge is 0.133 e. The van der Waals surface area contributed by atoms with Gasteiger partial charge in [-0.2, -0.15) is 0 Å². The highest BCUT2D eigenvalue weighted by atomic mass is 79.9. The van der Waals surface area contributed by atoms with Gasteiger partial charge in [-0.1, -0.05) is 6.07 Å². The van der Waals surface area contributed by atoms with Gasteiger partial charge in [0.05, 0.1) is 15.4 Å². The normalized spacial score (nSPS) is 12.4. The van der Waals surface area contributed by atoms with Gasteiger partial charge < -0.3 is 10.5 Å². The first kappa shape index (κ1) is 14.1. The molecule has 0 aliphatic heterocycles. The van der Waals surface area contributed by atoms with Crippen molar-refractivity contribution in [3.63, 3.8) is 0 Å². The van der Waals surface area contributed by atoms with Crippen molar-refractivity contribution < 1.29 is 4.74 Å². The van der Waals surface area contributed by atoms with Gasteiger partial charge in [-0.3, -0.25) is 0 Å². The van der Waals surface area contributed by atoms with E-state index >= 15 is 0 Å². The summed E-state index contributed by atoms with van der Waals surface area (Å²) < 4.78 is 7.28. The Morgan fingerprint density at radius 1 is 1.28 bits per heavy atom. The lowest BCUT2D eigenvalue weighted by molar-refractivity contribution is 0.412. The van der Waals surface area contributed by atoms with Crippen LogP contribution in [0.15, 0.2) is 38.6 Å². The minimum absolute atomic E-state index is 0.00208. The first-order chi connectivity index (χ1) is 8.60. The van der Waals surface area contributed by atoms with Gasteiger partial charge in [0.15, 0.2) is 0 Å². The largest absolute Gasteiger partial charge is 0.496 e. The molecule has 0 fully saturated rings. The highest BCUT2D eigenvalue weighted by Gasteiger charge is 2.11. The first-order valence-corrected chi connectivity index (χ1v) is 7.83. The Bertz CT molecular complexity index is 542. The molecule has 0 saturated carbocycles. The lowest BCUT2D eigenvalue weighted by atomic mass is 10.0. The van der Waals surface area contributed by atoms with E-state index < -0.39 is 0 Å². The lowest BCUT2D eigenvalue weighted by Gasteiger charge is -2.12. The van der Waals surface area contributed by atoms with Crippen molar-refractivity contribution in [1.82, 2.24) is 0 Å². The number of methoxy groups -OCH3 is 1. The van der Waals surface area contributed by atoms with Gasteiger partial charge in [0.1, 0.15) is 5.75 Å². The summed E-state index contributed by atoms with van der Waals surface area (Å²) in [4.78, 5) is 1.28. The minimum Gasteiger partial charge on any atom is -0.496 e. The molecule has 1 aromatic heterocycles. The molecule has 2 aromatic rings. The van der Waals surface area contributed by atoms with Gasteiger partial charge in [0.2, 0.25) is 0 Å². The molecule has 1 unspecified atom stereocenters. The van der Waals surface area contributed by atoms with Gasteiger partial charge in [0, 0.05) is 17.3 Å². The lowest BCUT2D eigenvalue weighted by Crippen LogP contribution is -2.12. The van der Waals surface area contributed by atoms with E-state index in [1.807, 2.05) is 18.2 Å². The summed E-state index contributed by atoms with van der Waals surface area (Å²) >= 11 is 8.67. The van der Waals surface area contributed by atoms with Gasteiger partial charge in [-0.05, 0) is 61.7 Å².